The molecule has 8 heteroatoms. The van der Waals surface area contributed by atoms with E-state index >= 15 is 0 Å². The summed E-state index contributed by atoms with van der Waals surface area (Å²) in [6.45, 7) is 3.76. The van der Waals surface area contributed by atoms with Crippen molar-refractivity contribution in [2.24, 2.45) is 0 Å². The van der Waals surface area contributed by atoms with E-state index in [4.69, 9.17) is 0 Å². The molecule has 0 aliphatic carbocycles. The maximum absolute atomic E-state index is 13.5. The van der Waals surface area contributed by atoms with Gasteiger partial charge in [-0.3, -0.25) is 9.69 Å². The first kappa shape index (κ1) is 19.0. The maximum Gasteiger partial charge on any atom is 0.276 e. The summed E-state index contributed by atoms with van der Waals surface area (Å²) in [6, 6.07) is 4.16. The number of halogens is 2. The topological polar surface area (TPSA) is 54.3 Å². The third-order valence-corrected chi connectivity index (χ3v) is 5.62. The number of hydrogen-bond donors (Lipinski definition) is 0. The van der Waals surface area contributed by atoms with E-state index in [1.807, 2.05) is 4.90 Å². The van der Waals surface area contributed by atoms with Gasteiger partial charge in [-0.1, -0.05) is 11.3 Å². The minimum atomic E-state index is -0.825. The van der Waals surface area contributed by atoms with Gasteiger partial charge in [0.25, 0.3) is 5.91 Å². The third kappa shape index (κ3) is 4.22. The van der Waals surface area contributed by atoms with Crippen LogP contribution >= 0.6 is 0 Å². The molecule has 2 aliphatic rings. The lowest BCUT2D eigenvalue weighted by Gasteiger charge is -2.32. The summed E-state index contributed by atoms with van der Waals surface area (Å²) in [7, 11) is 0. The van der Waals surface area contributed by atoms with Gasteiger partial charge >= 0.3 is 0 Å². The van der Waals surface area contributed by atoms with E-state index in [1.54, 1.807) is 16.9 Å². The zero-order valence-electron chi connectivity index (χ0n) is 15.9. The first-order valence-electron chi connectivity index (χ1n) is 9.97. The van der Waals surface area contributed by atoms with Gasteiger partial charge in [-0.05, 0) is 56.3 Å². The van der Waals surface area contributed by atoms with Gasteiger partial charge in [0.2, 0.25) is 0 Å². The van der Waals surface area contributed by atoms with Gasteiger partial charge in [-0.15, -0.1) is 5.10 Å². The Morgan fingerprint density at radius 3 is 2.68 bits per heavy atom. The molecule has 1 aromatic carbocycles. The van der Waals surface area contributed by atoms with E-state index in [0.717, 1.165) is 57.4 Å². The van der Waals surface area contributed by atoms with Crippen LogP contribution in [-0.4, -0.2) is 56.9 Å². The van der Waals surface area contributed by atoms with Gasteiger partial charge < -0.3 is 4.90 Å². The van der Waals surface area contributed by atoms with E-state index in [0.29, 0.717) is 12.2 Å². The smallest absolute Gasteiger partial charge is 0.276 e. The Balaban J connectivity index is 1.39. The zero-order valence-corrected chi connectivity index (χ0v) is 15.9. The minimum Gasteiger partial charge on any atom is -0.337 e. The van der Waals surface area contributed by atoms with E-state index in [1.165, 1.54) is 18.6 Å². The van der Waals surface area contributed by atoms with Crippen molar-refractivity contribution in [2.75, 3.05) is 26.2 Å². The Morgan fingerprint density at radius 2 is 1.89 bits per heavy atom. The molecule has 1 atom stereocenters. The summed E-state index contributed by atoms with van der Waals surface area (Å²) in [6.07, 6.45) is 6.94. The zero-order chi connectivity index (χ0) is 19.5. The molecule has 0 bridgehead atoms. The fourth-order valence-electron chi connectivity index (χ4n) is 4.10. The lowest BCUT2D eigenvalue weighted by molar-refractivity contribution is 0.0718. The number of aromatic nitrogens is 3. The molecule has 2 saturated heterocycles. The highest BCUT2D eigenvalue weighted by atomic mass is 19.2. The number of rotatable bonds is 4. The van der Waals surface area contributed by atoms with Crippen LogP contribution in [0.1, 0.15) is 54.2 Å². The molecule has 0 saturated carbocycles. The molecule has 1 aromatic heterocycles. The number of carbonyl (C=O) groups is 1. The largest absolute Gasteiger partial charge is 0.337 e. The molecule has 0 N–H and O–H groups in total. The van der Waals surface area contributed by atoms with Crippen LogP contribution in [0.4, 0.5) is 8.78 Å². The van der Waals surface area contributed by atoms with Crippen molar-refractivity contribution in [3.63, 3.8) is 0 Å². The van der Waals surface area contributed by atoms with Gasteiger partial charge in [-0.25, -0.2) is 13.5 Å². The van der Waals surface area contributed by atoms with Crippen LogP contribution in [0.25, 0.3) is 0 Å². The van der Waals surface area contributed by atoms with Crippen LogP contribution in [0.2, 0.25) is 0 Å². The van der Waals surface area contributed by atoms with Crippen LogP contribution < -0.4 is 0 Å². The number of carbonyl (C=O) groups excluding carboxylic acids is 1. The van der Waals surface area contributed by atoms with Crippen molar-refractivity contribution >= 4 is 5.91 Å². The molecule has 2 aromatic rings. The second-order valence-corrected chi connectivity index (χ2v) is 7.72. The summed E-state index contributed by atoms with van der Waals surface area (Å²) >= 11 is 0. The summed E-state index contributed by atoms with van der Waals surface area (Å²) < 4.78 is 28.4. The van der Waals surface area contributed by atoms with Crippen LogP contribution in [0.3, 0.4) is 0 Å². The van der Waals surface area contributed by atoms with E-state index < -0.39 is 11.6 Å². The predicted octanol–water partition coefficient (Wildman–Crippen LogP) is 3.02. The van der Waals surface area contributed by atoms with Crippen molar-refractivity contribution in [2.45, 2.75) is 44.7 Å². The normalized spacial score (nSPS) is 21.1. The van der Waals surface area contributed by atoms with Crippen LogP contribution in [-0.2, 0) is 6.54 Å². The molecule has 0 spiro atoms. The quantitative estimate of drug-likeness (QED) is 0.807. The number of piperidine rings is 2. The predicted molar refractivity (Wildman–Crippen MR) is 99.7 cm³/mol. The number of nitrogens with zero attached hydrogens (tertiary/aromatic N) is 5. The number of hydrogen-bond acceptors (Lipinski definition) is 4. The first-order chi connectivity index (χ1) is 13.6. The molecule has 150 valence electrons. The fraction of sp³-hybridized carbons (Fsp3) is 0.550. The monoisotopic (exact) mass is 389 g/mol. The molecule has 4 rings (SSSR count). The van der Waals surface area contributed by atoms with E-state index in [-0.39, 0.29) is 11.9 Å². The standard InChI is InChI=1S/C20H25F2N5O/c21-17-7-6-15(11-18(17)22)12-25-8-4-5-16(13-25)27-14-19(23-24-27)20(28)26-9-2-1-3-10-26/h6-7,11,14,16H,1-5,8-10,12-13H2. The van der Waals surface area contributed by atoms with E-state index in [9.17, 15) is 13.6 Å². The molecule has 0 radical (unpaired) electrons. The van der Waals surface area contributed by atoms with Gasteiger partial charge in [0.15, 0.2) is 17.3 Å². The lowest BCUT2D eigenvalue weighted by atomic mass is 10.0. The van der Waals surface area contributed by atoms with Gasteiger partial charge in [0.1, 0.15) is 0 Å². The van der Waals surface area contributed by atoms with Crippen LogP contribution in [0.15, 0.2) is 24.4 Å². The Hall–Kier alpha value is -2.35. The van der Waals surface area contributed by atoms with Crippen molar-refractivity contribution in [3.8, 4) is 0 Å². The molecule has 1 unspecified atom stereocenters. The molecule has 1 amide bonds. The lowest BCUT2D eigenvalue weighted by Crippen LogP contribution is -2.36. The van der Waals surface area contributed by atoms with E-state index in [2.05, 4.69) is 15.2 Å². The van der Waals surface area contributed by atoms with Crippen LogP contribution in [0.5, 0.6) is 0 Å². The average Bonchev–Trinajstić information content (AvgIpc) is 3.21. The second-order valence-electron chi connectivity index (χ2n) is 7.72. The Labute approximate surface area is 163 Å². The van der Waals surface area contributed by atoms with Crippen molar-refractivity contribution in [1.29, 1.82) is 0 Å². The summed E-state index contributed by atoms with van der Waals surface area (Å²) in [5.41, 5.74) is 1.15. The highest BCUT2D eigenvalue weighted by molar-refractivity contribution is 5.91. The Bertz CT molecular complexity index is 834. The molecule has 3 heterocycles. The fourth-order valence-corrected chi connectivity index (χ4v) is 4.10. The maximum atomic E-state index is 13.5. The molecular weight excluding hydrogens is 364 g/mol. The molecule has 28 heavy (non-hydrogen) atoms. The minimum absolute atomic E-state index is 0.0413. The highest BCUT2D eigenvalue weighted by Gasteiger charge is 2.25. The van der Waals surface area contributed by atoms with Gasteiger partial charge in [-0.2, -0.15) is 0 Å². The number of benzene rings is 1. The molecular formula is C20H25F2N5O. The second kappa shape index (κ2) is 8.34. The van der Waals surface area contributed by atoms with Crippen molar-refractivity contribution < 1.29 is 13.6 Å². The molecule has 2 fully saturated rings. The summed E-state index contributed by atoms with van der Waals surface area (Å²) in [4.78, 5) is 16.7. The first-order valence-corrected chi connectivity index (χ1v) is 9.97. The molecule has 2 aliphatic heterocycles. The third-order valence-electron chi connectivity index (χ3n) is 5.62. The van der Waals surface area contributed by atoms with Crippen molar-refractivity contribution in [1.82, 2.24) is 24.8 Å². The van der Waals surface area contributed by atoms with Crippen LogP contribution in [0, 0.1) is 11.6 Å². The Kier molecular flexibility index (Phi) is 5.66. The van der Waals surface area contributed by atoms with Gasteiger partial charge in [0.05, 0.1) is 12.2 Å². The molecule has 6 nitrogen and oxygen atoms in total. The SMILES string of the molecule is O=C(c1cn(C2CCCN(Cc3ccc(F)c(F)c3)C2)nn1)N1CCCCC1. The van der Waals surface area contributed by atoms with Gasteiger partial charge in [0, 0.05) is 26.2 Å². The Morgan fingerprint density at radius 1 is 1.07 bits per heavy atom. The summed E-state index contributed by atoms with van der Waals surface area (Å²) in [5.74, 6) is -1.68. The highest BCUT2D eigenvalue weighted by Crippen LogP contribution is 2.23. The number of likely N-dealkylation sites (tertiary alicyclic amines) is 2. The summed E-state index contributed by atoms with van der Waals surface area (Å²) in [5, 5.41) is 8.31. The number of amides is 1. The average molecular weight is 389 g/mol. The van der Waals surface area contributed by atoms with Crippen molar-refractivity contribution in [3.05, 3.63) is 47.3 Å².